The molecule has 0 bridgehead atoms. The van der Waals surface area contributed by atoms with E-state index in [1.807, 2.05) is 0 Å². The molecule has 1 atom stereocenters. The molecule has 1 unspecified atom stereocenters. The van der Waals surface area contributed by atoms with Crippen LogP contribution in [-0.4, -0.2) is 36.4 Å². The molecule has 5 nitrogen and oxygen atoms in total. The van der Waals surface area contributed by atoms with Crippen LogP contribution in [0.25, 0.3) is 0 Å². The van der Waals surface area contributed by atoms with Crippen molar-refractivity contribution in [1.82, 2.24) is 0 Å². The van der Waals surface area contributed by atoms with Crippen molar-refractivity contribution >= 4 is 11.9 Å². The van der Waals surface area contributed by atoms with Crippen molar-refractivity contribution < 1.29 is 24.2 Å². The van der Waals surface area contributed by atoms with Gasteiger partial charge in [0.05, 0.1) is 6.61 Å². The van der Waals surface area contributed by atoms with Crippen molar-refractivity contribution in [1.29, 1.82) is 0 Å². The fraction of sp³-hybridized carbons (Fsp3) is 0.689. The number of carbonyl (C=O) groups is 2. The van der Waals surface area contributed by atoms with Gasteiger partial charge < -0.3 is 14.6 Å². The van der Waals surface area contributed by atoms with Gasteiger partial charge in [-0.15, -0.1) is 0 Å². The molecule has 0 aliphatic carbocycles. The van der Waals surface area contributed by atoms with Gasteiger partial charge in [0.2, 0.25) is 0 Å². The lowest BCUT2D eigenvalue weighted by Crippen LogP contribution is -2.28. The van der Waals surface area contributed by atoms with Crippen molar-refractivity contribution in [3.05, 3.63) is 72.9 Å². The van der Waals surface area contributed by atoms with Crippen LogP contribution in [0.4, 0.5) is 0 Å². The Morgan fingerprint density at radius 1 is 0.480 bits per heavy atom. The zero-order valence-electron chi connectivity index (χ0n) is 32.4. The minimum Gasteiger partial charge on any atom is -0.462 e. The van der Waals surface area contributed by atoms with E-state index >= 15 is 0 Å². The van der Waals surface area contributed by atoms with Gasteiger partial charge in [-0.05, 0) is 83.5 Å². The molecule has 50 heavy (non-hydrogen) atoms. The van der Waals surface area contributed by atoms with Crippen LogP contribution in [0, 0.1) is 0 Å². The third-order valence-electron chi connectivity index (χ3n) is 8.48. The summed E-state index contributed by atoms with van der Waals surface area (Å²) in [6.45, 7) is 3.97. The van der Waals surface area contributed by atoms with Gasteiger partial charge >= 0.3 is 11.9 Å². The summed E-state index contributed by atoms with van der Waals surface area (Å²) in [5, 5.41) is 9.56. The largest absolute Gasteiger partial charge is 0.462 e. The summed E-state index contributed by atoms with van der Waals surface area (Å²) in [7, 11) is 0. The summed E-state index contributed by atoms with van der Waals surface area (Å²) in [5.74, 6) is -0.628. The molecule has 286 valence electrons. The van der Waals surface area contributed by atoms with Gasteiger partial charge in [0, 0.05) is 12.8 Å². The molecule has 0 aromatic heterocycles. The van der Waals surface area contributed by atoms with Crippen molar-refractivity contribution in [2.45, 2.75) is 187 Å². The van der Waals surface area contributed by atoms with Gasteiger partial charge in [0.15, 0.2) is 6.10 Å². The number of aliphatic hydroxyl groups excluding tert-OH is 1. The molecular weight excluding hydrogens is 620 g/mol. The number of allylic oxidation sites excluding steroid dienone is 12. The maximum atomic E-state index is 12.2. The molecule has 0 radical (unpaired) electrons. The van der Waals surface area contributed by atoms with Gasteiger partial charge in [-0.1, -0.05) is 157 Å². The number of hydrogen-bond donors (Lipinski definition) is 1. The lowest BCUT2D eigenvalue weighted by atomic mass is 10.1. The molecule has 0 amide bonds. The number of ether oxygens (including phenoxy) is 2. The zero-order chi connectivity index (χ0) is 36.4. The third-order valence-corrected chi connectivity index (χ3v) is 8.48. The molecule has 0 saturated carbocycles. The summed E-state index contributed by atoms with van der Waals surface area (Å²) in [6.07, 6.45) is 53.9. The van der Waals surface area contributed by atoms with E-state index in [4.69, 9.17) is 9.47 Å². The third kappa shape index (κ3) is 38.1. The summed E-state index contributed by atoms with van der Waals surface area (Å²) < 4.78 is 10.6. The van der Waals surface area contributed by atoms with Gasteiger partial charge in [-0.2, -0.15) is 0 Å². The molecular formula is C45H76O5. The highest BCUT2D eigenvalue weighted by Gasteiger charge is 2.16. The fourth-order valence-electron chi connectivity index (χ4n) is 5.40. The molecule has 0 aromatic rings. The number of carbonyl (C=O) groups excluding carboxylic acids is 2. The maximum absolute atomic E-state index is 12.2. The first-order valence-electron chi connectivity index (χ1n) is 20.5. The second-order valence-electron chi connectivity index (χ2n) is 13.3. The van der Waals surface area contributed by atoms with E-state index in [1.165, 1.54) is 70.6 Å². The van der Waals surface area contributed by atoms with E-state index in [2.05, 4.69) is 86.8 Å². The van der Waals surface area contributed by atoms with Crippen LogP contribution < -0.4 is 0 Å². The predicted octanol–water partition coefficient (Wildman–Crippen LogP) is 13.0. The Balaban J connectivity index is 3.61. The molecule has 0 saturated heterocycles. The molecule has 0 heterocycles. The molecule has 0 aliphatic rings. The number of aliphatic hydroxyl groups is 1. The number of esters is 2. The highest BCUT2D eigenvalue weighted by Crippen LogP contribution is 2.13. The summed E-state index contributed by atoms with van der Waals surface area (Å²) in [5.41, 5.74) is 0. The average molecular weight is 697 g/mol. The Labute approximate surface area is 308 Å². The first-order chi connectivity index (χ1) is 24.6. The first kappa shape index (κ1) is 47.3. The molecule has 0 aromatic carbocycles. The second-order valence-corrected chi connectivity index (χ2v) is 13.3. The van der Waals surface area contributed by atoms with Gasteiger partial charge in [-0.3, -0.25) is 9.59 Å². The highest BCUT2D eigenvalue weighted by molar-refractivity contribution is 5.70. The quantitative estimate of drug-likeness (QED) is 0.0401. The highest BCUT2D eigenvalue weighted by atomic mass is 16.6. The van der Waals surface area contributed by atoms with Gasteiger partial charge in [0.1, 0.15) is 6.61 Å². The van der Waals surface area contributed by atoms with Gasteiger partial charge in [0.25, 0.3) is 0 Å². The van der Waals surface area contributed by atoms with Crippen molar-refractivity contribution in [3.63, 3.8) is 0 Å². The molecule has 0 aliphatic heterocycles. The Hall–Kier alpha value is -2.66. The first-order valence-corrected chi connectivity index (χ1v) is 20.5. The van der Waals surface area contributed by atoms with Crippen LogP contribution in [0.5, 0.6) is 0 Å². The fourth-order valence-corrected chi connectivity index (χ4v) is 5.40. The number of hydrogen-bond acceptors (Lipinski definition) is 5. The smallest absolute Gasteiger partial charge is 0.306 e. The zero-order valence-corrected chi connectivity index (χ0v) is 32.4. The van der Waals surface area contributed by atoms with E-state index in [0.717, 1.165) is 83.5 Å². The SMILES string of the molecule is CC/C=C\C/C=C\C/C=C\C/C=C\CCCCCCC(=O)OC(CO)COC(=O)CCCCCCCCCCC/C=C\C/C=C\CCCCC. The Morgan fingerprint density at radius 3 is 1.30 bits per heavy atom. The normalized spacial score (nSPS) is 12.9. The minimum absolute atomic E-state index is 0.0814. The van der Waals surface area contributed by atoms with E-state index in [9.17, 15) is 14.7 Å². The van der Waals surface area contributed by atoms with Gasteiger partial charge in [-0.25, -0.2) is 0 Å². The van der Waals surface area contributed by atoms with Crippen LogP contribution >= 0.6 is 0 Å². The predicted molar refractivity (Wildman–Crippen MR) is 214 cm³/mol. The number of unbranched alkanes of at least 4 members (excludes halogenated alkanes) is 16. The lowest BCUT2D eigenvalue weighted by Gasteiger charge is -2.15. The van der Waals surface area contributed by atoms with E-state index in [-0.39, 0.29) is 25.2 Å². The Kier molecular flexibility index (Phi) is 38.6. The molecule has 0 spiro atoms. The van der Waals surface area contributed by atoms with Crippen molar-refractivity contribution in [2.24, 2.45) is 0 Å². The van der Waals surface area contributed by atoms with Crippen LogP contribution in [0.2, 0.25) is 0 Å². The Bertz CT molecular complexity index is 926. The summed E-state index contributed by atoms with van der Waals surface area (Å²) in [6, 6.07) is 0. The maximum Gasteiger partial charge on any atom is 0.306 e. The number of rotatable bonds is 36. The minimum atomic E-state index is -0.789. The molecule has 1 N–H and O–H groups in total. The lowest BCUT2D eigenvalue weighted by molar-refractivity contribution is -0.161. The average Bonchev–Trinajstić information content (AvgIpc) is 3.12. The van der Waals surface area contributed by atoms with Crippen molar-refractivity contribution in [2.75, 3.05) is 13.2 Å². The standard InChI is InChI=1S/C45H76O5/c1-3-5-7-9-11-13-15-17-19-21-22-24-25-27-29-31-33-35-37-39-44(47)49-42-43(41-46)50-45(48)40-38-36-34-32-30-28-26-23-20-18-16-14-12-10-8-6-4-2/h6,8,11-14,17-20,26,28,43,46H,3-5,7,9-10,15-16,21-25,27,29-42H2,1-2H3/b8-6-,13-11-,14-12-,19-17-,20-18-,28-26-. The molecule has 5 heteroatoms. The van der Waals surface area contributed by atoms with E-state index in [1.54, 1.807) is 0 Å². The molecule has 0 rings (SSSR count). The Morgan fingerprint density at radius 2 is 0.860 bits per heavy atom. The van der Waals surface area contributed by atoms with Crippen LogP contribution in [-0.2, 0) is 19.1 Å². The van der Waals surface area contributed by atoms with E-state index in [0.29, 0.717) is 12.8 Å². The van der Waals surface area contributed by atoms with Crippen LogP contribution in [0.15, 0.2) is 72.9 Å². The van der Waals surface area contributed by atoms with Crippen LogP contribution in [0.3, 0.4) is 0 Å². The summed E-state index contributed by atoms with van der Waals surface area (Å²) in [4.78, 5) is 24.3. The topological polar surface area (TPSA) is 72.8 Å². The summed E-state index contributed by atoms with van der Waals surface area (Å²) >= 11 is 0. The molecule has 0 fully saturated rings. The van der Waals surface area contributed by atoms with Crippen molar-refractivity contribution in [3.8, 4) is 0 Å². The van der Waals surface area contributed by atoms with Crippen LogP contribution in [0.1, 0.15) is 181 Å². The second kappa shape index (κ2) is 40.8. The van der Waals surface area contributed by atoms with E-state index < -0.39 is 6.10 Å². The monoisotopic (exact) mass is 697 g/mol.